The first kappa shape index (κ1) is 12.2. The molecule has 6 nitrogen and oxygen atoms in total. The molecule has 0 aliphatic carbocycles. The molecule has 2 fully saturated rings. The zero-order valence-electron chi connectivity index (χ0n) is 10.1. The van der Waals surface area contributed by atoms with Gasteiger partial charge >= 0.3 is 6.03 Å². The highest BCUT2D eigenvalue weighted by Gasteiger charge is 2.51. The third kappa shape index (κ3) is 2.10. The summed E-state index contributed by atoms with van der Waals surface area (Å²) in [6, 6.07) is 3.35. The maximum atomic E-state index is 12.1. The molecule has 7 heteroatoms. The summed E-state index contributed by atoms with van der Waals surface area (Å²) in [5, 5.41) is 6.79. The Labute approximate surface area is 113 Å². The summed E-state index contributed by atoms with van der Waals surface area (Å²) in [7, 11) is 0. The van der Waals surface area contributed by atoms with Crippen LogP contribution in [0, 0.1) is 0 Å². The number of thiophene rings is 1. The Bertz CT molecular complexity index is 542. The van der Waals surface area contributed by atoms with Gasteiger partial charge in [0.05, 0.1) is 13.0 Å². The van der Waals surface area contributed by atoms with Gasteiger partial charge in [0.2, 0.25) is 5.91 Å². The lowest BCUT2D eigenvalue weighted by Gasteiger charge is -2.20. The van der Waals surface area contributed by atoms with Gasteiger partial charge in [-0.15, -0.1) is 11.3 Å². The topological polar surface area (TPSA) is 78.5 Å². The Morgan fingerprint density at radius 3 is 2.95 bits per heavy atom. The lowest BCUT2D eigenvalue weighted by molar-refractivity contribution is -0.130. The van der Waals surface area contributed by atoms with E-state index in [1.165, 1.54) is 11.3 Å². The van der Waals surface area contributed by atoms with Crippen molar-refractivity contribution in [1.29, 1.82) is 0 Å². The average molecular weight is 279 g/mol. The summed E-state index contributed by atoms with van der Waals surface area (Å²) in [6.07, 6.45) is 0.823. The van der Waals surface area contributed by atoms with Gasteiger partial charge in [0.15, 0.2) is 0 Å². The van der Waals surface area contributed by atoms with Crippen molar-refractivity contribution in [3.8, 4) is 0 Å². The molecule has 1 atom stereocenters. The van der Waals surface area contributed by atoms with E-state index in [0.717, 1.165) is 4.88 Å². The summed E-state index contributed by atoms with van der Waals surface area (Å²) in [4.78, 5) is 37.7. The van der Waals surface area contributed by atoms with Crippen molar-refractivity contribution < 1.29 is 14.4 Å². The fourth-order valence-corrected chi connectivity index (χ4v) is 3.21. The second kappa shape index (κ2) is 4.34. The van der Waals surface area contributed by atoms with Crippen molar-refractivity contribution in [3.05, 3.63) is 22.4 Å². The molecule has 4 amide bonds. The van der Waals surface area contributed by atoms with E-state index in [1.807, 2.05) is 17.5 Å². The van der Waals surface area contributed by atoms with Gasteiger partial charge in [-0.05, 0) is 17.9 Å². The van der Waals surface area contributed by atoms with Crippen LogP contribution in [0.3, 0.4) is 0 Å². The summed E-state index contributed by atoms with van der Waals surface area (Å²) < 4.78 is 0. The first-order valence-electron chi connectivity index (χ1n) is 6.03. The van der Waals surface area contributed by atoms with E-state index in [4.69, 9.17) is 0 Å². The van der Waals surface area contributed by atoms with Crippen LogP contribution in [0.5, 0.6) is 0 Å². The lowest BCUT2D eigenvalue weighted by atomic mass is 9.99. The average Bonchev–Trinajstić information content (AvgIpc) is 3.03. The van der Waals surface area contributed by atoms with E-state index in [2.05, 4.69) is 10.6 Å². The van der Waals surface area contributed by atoms with Crippen LogP contribution in [0.1, 0.15) is 11.3 Å². The molecule has 0 bridgehead atoms. The highest BCUT2D eigenvalue weighted by Crippen LogP contribution is 2.25. The molecule has 1 aromatic heterocycles. The molecule has 2 saturated heterocycles. The van der Waals surface area contributed by atoms with Crippen LogP contribution in [0.2, 0.25) is 0 Å². The summed E-state index contributed by atoms with van der Waals surface area (Å²) in [5.74, 6) is -0.336. The molecule has 0 saturated carbocycles. The quantitative estimate of drug-likeness (QED) is 0.754. The molecular weight excluding hydrogens is 266 g/mol. The molecule has 2 aliphatic rings. The fraction of sp³-hybridized carbons (Fsp3) is 0.417. The third-order valence-corrected chi connectivity index (χ3v) is 4.42. The first-order valence-corrected chi connectivity index (χ1v) is 6.91. The molecule has 100 valence electrons. The number of likely N-dealkylation sites (tertiary alicyclic amines) is 1. The zero-order valence-corrected chi connectivity index (χ0v) is 11.0. The predicted octanol–water partition coefficient (Wildman–Crippen LogP) is 0.101. The van der Waals surface area contributed by atoms with Gasteiger partial charge in [0.25, 0.3) is 5.91 Å². The molecule has 0 aromatic carbocycles. The normalized spacial score (nSPS) is 25.8. The van der Waals surface area contributed by atoms with Crippen LogP contribution in [0.25, 0.3) is 0 Å². The maximum absolute atomic E-state index is 12.1. The van der Waals surface area contributed by atoms with Crippen molar-refractivity contribution in [2.75, 3.05) is 13.1 Å². The van der Waals surface area contributed by atoms with E-state index < -0.39 is 11.6 Å². The van der Waals surface area contributed by atoms with E-state index >= 15 is 0 Å². The molecule has 3 rings (SSSR count). The first-order chi connectivity index (χ1) is 9.09. The number of urea groups is 1. The van der Waals surface area contributed by atoms with Gasteiger partial charge in [-0.1, -0.05) is 6.07 Å². The van der Waals surface area contributed by atoms with Crippen molar-refractivity contribution in [2.24, 2.45) is 0 Å². The van der Waals surface area contributed by atoms with Crippen molar-refractivity contribution in [2.45, 2.75) is 18.4 Å². The van der Waals surface area contributed by atoms with Crippen LogP contribution in [-0.4, -0.2) is 41.4 Å². The summed E-state index contributed by atoms with van der Waals surface area (Å²) in [5.41, 5.74) is -0.914. The molecule has 0 radical (unpaired) electrons. The number of rotatable bonds is 2. The number of nitrogens with one attached hydrogen (secondary N) is 2. The second-order valence-electron chi connectivity index (χ2n) is 4.81. The minimum absolute atomic E-state index is 0.00623. The molecule has 19 heavy (non-hydrogen) atoms. The summed E-state index contributed by atoms with van der Waals surface area (Å²) >= 11 is 1.54. The van der Waals surface area contributed by atoms with Crippen molar-refractivity contribution in [3.63, 3.8) is 0 Å². The molecule has 2 aliphatic heterocycles. The Balaban J connectivity index is 1.67. The standard InChI is InChI=1S/C12H13N3O3S/c16-9(6-8-2-1-5-19-8)15-4-3-12(7-15)10(17)13-11(18)14-12/h1-2,5H,3-4,6-7H2,(H2,13,14,17,18). The second-order valence-corrected chi connectivity index (χ2v) is 5.84. The Morgan fingerprint density at radius 2 is 2.32 bits per heavy atom. The van der Waals surface area contributed by atoms with Gasteiger partial charge in [-0.25, -0.2) is 4.79 Å². The van der Waals surface area contributed by atoms with Gasteiger partial charge in [0.1, 0.15) is 5.54 Å². The van der Waals surface area contributed by atoms with Crippen molar-refractivity contribution >= 4 is 29.2 Å². The summed E-state index contributed by atoms with van der Waals surface area (Å²) in [6.45, 7) is 0.757. The van der Waals surface area contributed by atoms with E-state index in [9.17, 15) is 14.4 Å². The largest absolute Gasteiger partial charge is 0.339 e. The minimum Gasteiger partial charge on any atom is -0.339 e. The lowest BCUT2D eigenvalue weighted by Crippen LogP contribution is -2.49. The van der Waals surface area contributed by atoms with Gasteiger partial charge in [0, 0.05) is 11.4 Å². The number of carbonyl (C=O) groups is 3. The molecule has 1 spiro atoms. The number of carbonyl (C=O) groups excluding carboxylic acids is 3. The van der Waals surface area contributed by atoms with Crippen LogP contribution in [0.15, 0.2) is 17.5 Å². The van der Waals surface area contributed by atoms with Gasteiger partial charge < -0.3 is 10.2 Å². The maximum Gasteiger partial charge on any atom is 0.322 e. The van der Waals surface area contributed by atoms with Gasteiger partial charge in [-0.3, -0.25) is 14.9 Å². The molecular formula is C12H13N3O3S. The van der Waals surface area contributed by atoms with Crippen LogP contribution >= 0.6 is 11.3 Å². The fourth-order valence-electron chi connectivity index (χ4n) is 2.51. The number of amides is 4. The molecule has 1 aromatic rings. The number of nitrogens with zero attached hydrogens (tertiary/aromatic N) is 1. The molecule has 3 heterocycles. The molecule has 1 unspecified atom stereocenters. The van der Waals surface area contributed by atoms with E-state index in [0.29, 0.717) is 19.4 Å². The number of hydrogen-bond acceptors (Lipinski definition) is 4. The predicted molar refractivity (Wildman–Crippen MR) is 68.6 cm³/mol. The molecule has 2 N–H and O–H groups in total. The smallest absolute Gasteiger partial charge is 0.322 e. The third-order valence-electron chi connectivity index (χ3n) is 3.54. The Morgan fingerprint density at radius 1 is 1.47 bits per heavy atom. The SMILES string of the molecule is O=C1NC(=O)C2(CCN(C(=O)Cc3cccs3)C2)N1. The Hall–Kier alpha value is -1.89. The van der Waals surface area contributed by atoms with Crippen LogP contribution in [0.4, 0.5) is 4.79 Å². The Kier molecular flexibility index (Phi) is 2.78. The van der Waals surface area contributed by atoms with Gasteiger partial charge in [-0.2, -0.15) is 0 Å². The minimum atomic E-state index is -0.914. The monoisotopic (exact) mass is 279 g/mol. The van der Waals surface area contributed by atoms with E-state index in [-0.39, 0.29) is 18.4 Å². The highest BCUT2D eigenvalue weighted by molar-refractivity contribution is 7.10. The van der Waals surface area contributed by atoms with Crippen LogP contribution in [-0.2, 0) is 16.0 Å². The number of hydrogen-bond donors (Lipinski definition) is 2. The van der Waals surface area contributed by atoms with E-state index in [1.54, 1.807) is 4.90 Å². The zero-order chi connectivity index (χ0) is 13.5. The van der Waals surface area contributed by atoms with Crippen LogP contribution < -0.4 is 10.6 Å². The number of imide groups is 1. The highest BCUT2D eigenvalue weighted by atomic mass is 32.1. The van der Waals surface area contributed by atoms with Crippen molar-refractivity contribution in [1.82, 2.24) is 15.5 Å².